The molecule has 0 bridgehead atoms. The minimum atomic E-state index is -0.673. The van der Waals surface area contributed by atoms with E-state index in [0.717, 1.165) is 0 Å². The summed E-state index contributed by atoms with van der Waals surface area (Å²) in [4.78, 5) is 43.7. The summed E-state index contributed by atoms with van der Waals surface area (Å²) >= 11 is 0. The van der Waals surface area contributed by atoms with Crippen molar-refractivity contribution in [2.75, 3.05) is 29.9 Å². The molecule has 9 nitrogen and oxygen atoms in total. The number of carbonyl (C=O) groups is 3. The zero-order chi connectivity index (χ0) is 24.0. The lowest BCUT2D eigenvalue weighted by Gasteiger charge is -2.38. The summed E-state index contributed by atoms with van der Waals surface area (Å²) in [5.41, 5.74) is 6.03. The van der Waals surface area contributed by atoms with E-state index in [4.69, 9.17) is 10.5 Å². The van der Waals surface area contributed by atoms with Crippen LogP contribution in [0.25, 0.3) is 0 Å². The number of hydrogen-bond acceptors (Lipinski definition) is 5. The van der Waals surface area contributed by atoms with E-state index in [9.17, 15) is 18.8 Å². The van der Waals surface area contributed by atoms with E-state index in [2.05, 4.69) is 10.3 Å². The highest BCUT2D eigenvalue weighted by atomic mass is 19.1. The largest absolute Gasteiger partial charge is 0.449 e. The van der Waals surface area contributed by atoms with Crippen molar-refractivity contribution >= 4 is 29.4 Å². The number of carbonyl (C=O) groups excluding carboxylic acids is 3. The molecule has 1 aromatic heterocycles. The first-order chi connectivity index (χ1) is 15.7. The Labute approximate surface area is 191 Å². The number of halogens is 1. The Balaban J connectivity index is 1.73. The van der Waals surface area contributed by atoms with E-state index in [1.54, 1.807) is 11.0 Å². The second-order valence-corrected chi connectivity index (χ2v) is 8.27. The van der Waals surface area contributed by atoms with Crippen LogP contribution in [0.5, 0.6) is 0 Å². The summed E-state index contributed by atoms with van der Waals surface area (Å²) < 4.78 is 19.2. The zero-order valence-corrected chi connectivity index (χ0v) is 18.7. The first kappa shape index (κ1) is 24.0. The fraction of sp³-hybridized carbons (Fsp3) is 0.391. The predicted octanol–water partition coefficient (Wildman–Crippen LogP) is 3.62. The van der Waals surface area contributed by atoms with E-state index >= 15 is 0 Å². The summed E-state index contributed by atoms with van der Waals surface area (Å²) in [5.74, 6) is -0.898. The Hall–Kier alpha value is -3.69. The van der Waals surface area contributed by atoms with Crippen molar-refractivity contribution < 1.29 is 23.5 Å². The summed E-state index contributed by atoms with van der Waals surface area (Å²) in [7, 11) is 0. The van der Waals surface area contributed by atoms with E-state index < -0.39 is 17.8 Å². The second-order valence-electron chi connectivity index (χ2n) is 8.27. The smallest absolute Gasteiger partial charge is 0.409 e. The summed E-state index contributed by atoms with van der Waals surface area (Å²) in [6, 6.07) is 7.96. The van der Waals surface area contributed by atoms with E-state index in [0.29, 0.717) is 43.9 Å². The number of anilines is 2. The number of rotatable bonds is 6. The van der Waals surface area contributed by atoms with Gasteiger partial charge in [-0.2, -0.15) is 0 Å². The van der Waals surface area contributed by atoms with Gasteiger partial charge < -0.3 is 20.7 Å². The van der Waals surface area contributed by atoms with Crippen LogP contribution in [-0.2, 0) is 4.74 Å². The first-order valence-electron chi connectivity index (χ1n) is 10.8. The number of aromatic nitrogens is 1. The topological polar surface area (TPSA) is 118 Å². The number of nitrogens with zero attached hydrogens (tertiary/aromatic N) is 3. The molecule has 0 aliphatic carbocycles. The molecule has 0 atom stereocenters. The molecule has 0 saturated carbocycles. The normalized spacial score (nSPS) is 14.1. The molecule has 2 aromatic rings. The van der Waals surface area contributed by atoms with Gasteiger partial charge in [-0.1, -0.05) is 19.9 Å². The molecule has 1 fully saturated rings. The molecule has 1 aliphatic heterocycles. The molecule has 0 radical (unpaired) electrons. The van der Waals surface area contributed by atoms with Crippen molar-refractivity contribution in [2.45, 2.75) is 32.7 Å². The molecule has 33 heavy (non-hydrogen) atoms. The zero-order valence-electron chi connectivity index (χ0n) is 18.7. The van der Waals surface area contributed by atoms with Crippen LogP contribution in [0.3, 0.4) is 0 Å². The Morgan fingerprint density at radius 3 is 2.55 bits per heavy atom. The van der Waals surface area contributed by atoms with Gasteiger partial charge in [0.1, 0.15) is 11.5 Å². The molecular formula is C23H28FN5O4. The number of benzene rings is 1. The van der Waals surface area contributed by atoms with Crippen LogP contribution in [0.15, 0.2) is 42.6 Å². The second kappa shape index (κ2) is 10.8. The summed E-state index contributed by atoms with van der Waals surface area (Å²) in [6.45, 7) is 5.10. The number of amides is 4. The van der Waals surface area contributed by atoms with Gasteiger partial charge in [0.25, 0.3) is 5.91 Å². The lowest BCUT2D eigenvalue weighted by atomic mass is 10.0. The number of urea groups is 1. The average molecular weight is 458 g/mol. The van der Waals surface area contributed by atoms with Crippen LogP contribution in [0.1, 0.15) is 37.2 Å². The Kier molecular flexibility index (Phi) is 7.81. The van der Waals surface area contributed by atoms with Crippen LogP contribution in [-0.4, -0.2) is 53.7 Å². The van der Waals surface area contributed by atoms with Crippen LogP contribution >= 0.6 is 0 Å². The number of piperidine rings is 1. The van der Waals surface area contributed by atoms with Crippen molar-refractivity contribution in [1.82, 2.24) is 9.88 Å². The van der Waals surface area contributed by atoms with Crippen LogP contribution in [0, 0.1) is 11.7 Å². The molecular weight excluding hydrogens is 429 g/mol. The Morgan fingerprint density at radius 2 is 1.97 bits per heavy atom. The van der Waals surface area contributed by atoms with E-state index in [1.165, 1.54) is 41.4 Å². The fourth-order valence-corrected chi connectivity index (χ4v) is 3.55. The van der Waals surface area contributed by atoms with Crippen molar-refractivity contribution in [1.29, 1.82) is 0 Å². The summed E-state index contributed by atoms with van der Waals surface area (Å²) in [5, 5.41) is 2.73. The molecule has 3 rings (SSSR count). The highest BCUT2D eigenvalue weighted by Gasteiger charge is 2.31. The van der Waals surface area contributed by atoms with Gasteiger partial charge in [-0.15, -0.1) is 0 Å². The number of primary amides is 1. The lowest BCUT2D eigenvalue weighted by molar-refractivity contribution is 0.0836. The maximum atomic E-state index is 13.9. The highest BCUT2D eigenvalue weighted by molar-refractivity contribution is 6.02. The molecule has 3 N–H and O–H groups in total. The van der Waals surface area contributed by atoms with Crippen LogP contribution < -0.4 is 16.0 Å². The quantitative estimate of drug-likeness (QED) is 0.687. The number of hydrogen-bond donors (Lipinski definition) is 2. The van der Waals surface area contributed by atoms with Gasteiger partial charge in [-0.3, -0.25) is 9.69 Å². The van der Waals surface area contributed by atoms with E-state index in [1.807, 2.05) is 13.8 Å². The third kappa shape index (κ3) is 6.41. The number of nitrogens with one attached hydrogen (secondary N) is 1. The maximum Gasteiger partial charge on any atom is 0.409 e. The molecule has 10 heteroatoms. The van der Waals surface area contributed by atoms with Crippen LogP contribution in [0.2, 0.25) is 0 Å². The van der Waals surface area contributed by atoms with Gasteiger partial charge in [0.15, 0.2) is 0 Å². The standard InChI is InChI=1S/C23H28FN5O4/c1-15(2)14-33-23(32)28-10-8-18(9-11-28)29(19-5-3-4-16(24)12-19)22(31)27-17-6-7-20(21(25)30)26-13-17/h3-7,12-13,15,18H,8-11,14H2,1-2H3,(H2,25,30)(H,27,31). The van der Waals surface area contributed by atoms with Gasteiger partial charge in [0.05, 0.1) is 18.5 Å². The minimum Gasteiger partial charge on any atom is -0.449 e. The number of nitrogens with two attached hydrogens (primary N) is 1. The van der Waals surface area contributed by atoms with Crippen LogP contribution in [0.4, 0.5) is 25.4 Å². The first-order valence-corrected chi connectivity index (χ1v) is 10.8. The monoisotopic (exact) mass is 457 g/mol. The number of likely N-dealkylation sites (tertiary alicyclic amines) is 1. The molecule has 1 aliphatic rings. The molecule has 1 saturated heterocycles. The van der Waals surface area contributed by atoms with Gasteiger partial charge >= 0.3 is 12.1 Å². The molecule has 176 valence electrons. The van der Waals surface area contributed by atoms with Gasteiger partial charge in [0, 0.05) is 24.8 Å². The number of pyridine rings is 1. The van der Waals surface area contributed by atoms with Crippen molar-refractivity contribution in [2.24, 2.45) is 11.7 Å². The molecule has 1 aromatic carbocycles. The molecule has 4 amide bonds. The lowest BCUT2D eigenvalue weighted by Crippen LogP contribution is -2.50. The van der Waals surface area contributed by atoms with Gasteiger partial charge in [0.2, 0.25) is 0 Å². The van der Waals surface area contributed by atoms with Crippen molar-refractivity contribution in [3.8, 4) is 0 Å². The van der Waals surface area contributed by atoms with Crippen molar-refractivity contribution in [3.63, 3.8) is 0 Å². The molecule has 0 spiro atoms. The molecule has 2 heterocycles. The third-order valence-electron chi connectivity index (χ3n) is 5.20. The predicted molar refractivity (Wildman–Crippen MR) is 121 cm³/mol. The van der Waals surface area contributed by atoms with Crippen molar-refractivity contribution in [3.05, 3.63) is 54.1 Å². The highest BCUT2D eigenvalue weighted by Crippen LogP contribution is 2.26. The van der Waals surface area contributed by atoms with E-state index in [-0.39, 0.29) is 23.7 Å². The van der Waals surface area contributed by atoms with Gasteiger partial charge in [-0.25, -0.2) is 19.0 Å². The Morgan fingerprint density at radius 1 is 1.24 bits per heavy atom. The minimum absolute atomic E-state index is 0.0757. The Bertz CT molecular complexity index is 991. The molecule has 0 unspecified atom stereocenters. The maximum absolute atomic E-state index is 13.9. The SMILES string of the molecule is CC(C)COC(=O)N1CCC(N(C(=O)Nc2ccc(C(N)=O)nc2)c2cccc(F)c2)CC1. The fourth-order valence-electron chi connectivity index (χ4n) is 3.55. The number of ether oxygens (including phenoxy) is 1. The third-order valence-corrected chi connectivity index (χ3v) is 5.20. The average Bonchev–Trinajstić information content (AvgIpc) is 2.78. The van der Waals surface area contributed by atoms with Gasteiger partial charge in [-0.05, 0) is 49.1 Å². The summed E-state index contributed by atoms with van der Waals surface area (Å²) in [6.07, 6.45) is 1.96.